The zero-order valence-electron chi connectivity index (χ0n) is 16.3. The number of methoxy groups -OCH3 is 1. The van der Waals surface area contributed by atoms with Crippen LogP contribution in [0.15, 0.2) is 79.0 Å². The Morgan fingerprint density at radius 1 is 1.00 bits per heavy atom. The molecular formula is C24H20N2O4. The Hall–Kier alpha value is -4.06. The first-order chi connectivity index (χ1) is 14.7. The van der Waals surface area contributed by atoms with E-state index in [1.165, 1.54) is 0 Å². The number of Topliss-reactive ketones (excluding diaryl/α,β-unsaturated/α-hetero) is 1. The Labute approximate surface area is 173 Å². The third kappa shape index (κ3) is 3.89. The van der Waals surface area contributed by atoms with Crippen molar-refractivity contribution in [2.75, 3.05) is 12.4 Å². The summed E-state index contributed by atoms with van der Waals surface area (Å²) in [6.07, 6.45) is 1.68. The van der Waals surface area contributed by atoms with Crippen molar-refractivity contribution in [1.29, 1.82) is 0 Å². The van der Waals surface area contributed by atoms with Gasteiger partial charge in [-0.05, 0) is 29.8 Å². The summed E-state index contributed by atoms with van der Waals surface area (Å²) in [5.41, 5.74) is 2.89. The van der Waals surface area contributed by atoms with Crippen LogP contribution in [0, 0.1) is 0 Å². The Balaban J connectivity index is 1.72. The van der Waals surface area contributed by atoms with Gasteiger partial charge in [0.15, 0.2) is 5.78 Å². The van der Waals surface area contributed by atoms with Crippen molar-refractivity contribution in [3.63, 3.8) is 0 Å². The number of anilines is 1. The fourth-order valence-electron chi connectivity index (χ4n) is 3.42. The van der Waals surface area contributed by atoms with Crippen LogP contribution in [-0.2, 0) is 4.79 Å². The van der Waals surface area contributed by atoms with Crippen molar-refractivity contribution >= 4 is 28.8 Å². The molecule has 2 N–H and O–H groups in total. The number of ketones is 1. The van der Waals surface area contributed by atoms with Gasteiger partial charge in [0.2, 0.25) is 0 Å². The molecule has 0 saturated carbocycles. The Morgan fingerprint density at radius 2 is 1.83 bits per heavy atom. The minimum Gasteiger partial charge on any atom is -0.497 e. The topological polar surface area (TPSA) is 80.4 Å². The normalized spacial score (nSPS) is 11.6. The molecule has 0 bridgehead atoms. The van der Waals surface area contributed by atoms with E-state index >= 15 is 0 Å². The Bertz CT molecular complexity index is 1180. The molecule has 0 amide bonds. The smallest absolute Gasteiger partial charge is 0.298 e. The summed E-state index contributed by atoms with van der Waals surface area (Å²) in [6, 6.07) is 21.5. The Kier molecular flexibility index (Phi) is 5.48. The van der Waals surface area contributed by atoms with Crippen molar-refractivity contribution in [1.82, 2.24) is 4.98 Å². The maximum Gasteiger partial charge on any atom is 0.298 e. The van der Waals surface area contributed by atoms with Crippen molar-refractivity contribution in [2.24, 2.45) is 0 Å². The summed E-state index contributed by atoms with van der Waals surface area (Å²) in [5, 5.41) is 4.10. The van der Waals surface area contributed by atoms with Crippen LogP contribution in [0.5, 0.6) is 11.5 Å². The van der Waals surface area contributed by atoms with E-state index in [0.29, 0.717) is 29.1 Å². The SMILES string of the molecule is COc1cccc(NC(C(=O)c2c[nH]c3cc(OC=O)ccc23)c2ccccc2)c1. The molecule has 4 aromatic rings. The van der Waals surface area contributed by atoms with Gasteiger partial charge < -0.3 is 19.8 Å². The summed E-state index contributed by atoms with van der Waals surface area (Å²) >= 11 is 0. The number of aromatic amines is 1. The molecule has 1 heterocycles. The van der Waals surface area contributed by atoms with Gasteiger partial charge in [-0.25, -0.2) is 0 Å². The van der Waals surface area contributed by atoms with Crippen LogP contribution >= 0.6 is 0 Å². The minimum absolute atomic E-state index is 0.0840. The monoisotopic (exact) mass is 400 g/mol. The molecule has 0 aliphatic rings. The number of hydrogen-bond acceptors (Lipinski definition) is 5. The Morgan fingerprint density at radius 3 is 2.60 bits per heavy atom. The van der Waals surface area contributed by atoms with Crippen molar-refractivity contribution in [3.05, 3.63) is 90.1 Å². The van der Waals surface area contributed by atoms with E-state index in [1.807, 2.05) is 54.6 Å². The lowest BCUT2D eigenvalue weighted by molar-refractivity contribution is -0.120. The van der Waals surface area contributed by atoms with Crippen LogP contribution in [0.2, 0.25) is 0 Å². The van der Waals surface area contributed by atoms with Gasteiger partial charge in [0.1, 0.15) is 17.5 Å². The average molecular weight is 400 g/mol. The zero-order chi connectivity index (χ0) is 20.9. The van der Waals surface area contributed by atoms with Gasteiger partial charge >= 0.3 is 0 Å². The quantitative estimate of drug-likeness (QED) is 0.330. The number of carbonyl (C=O) groups is 2. The van der Waals surface area contributed by atoms with Gasteiger partial charge in [-0.1, -0.05) is 36.4 Å². The summed E-state index contributed by atoms with van der Waals surface area (Å²) in [4.78, 5) is 27.3. The molecule has 1 aromatic heterocycles. The molecule has 0 spiro atoms. The van der Waals surface area contributed by atoms with E-state index in [9.17, 15) is 9.59 Å². The van der Waals surface area contributed by atoms with E-state index in [4.69, 9.17) is 9.47 Å². The first kappa shape index (κ1) is 19.3. The summed E-state index contributed by atoms with van der Waals surface area (Å²) in [5.74, 6) is 1.03. The maximum atomic E-state index is 13.6. The van der Waals surface area contributed by atoms with E-state index < -0.39 is 6.04 Å². The van der Waals surface area contributed by atoms with Crippen LogP contribution in [0.3, 0.4) is 0 Å². The third-order valence-corrected chi connectivity index (χ3v) is 4.88. The first-order valence-electron chi connectivity index (χ1n) is 9.41. The molecule has 6 heteroatoms. The molecule has 30 heavy (non-hydrogen) atoms. The molecule has 0 saturated heterocycles. The number of H-pyrrole nitrogens is 1. The molecular weight excluding hydrogens is 380 g/mol. The molecule has 0 fully saturated rings. The van der Waals surface area contributed by atoms with Gasteiger partial charge in [0, 0.05) is 40.5 Å². The van der Waals surface area contributed by atoms with Crippen LogP contribution in [0.25, 0.3) is 10.9 Å². The molecule has 0 aliphatic carbocycles. The second-order valence-corrected chi connectivity index (χ2v) is 6.71. The number of hydrogen-bond donors (Lipinski definition) is 2. The number of ether oxygens (including phenoxy) is 2. The van der Waals surface area contributed by atoms with Crippen LogP contribution in [0.4, 0.5) is 5.69 Å². The third-order valence-electron chi connectivity index (χ3n) is 4.88. The number of aromatic nitrogens is 1. The van der Waals surface area contributed by atoms with Crippen LogP contribution < -0.4 is 14.8 Å². The predicted molar refractivity (Wildman–Crippen MR) is 115 cm³/mol. The van der Waals surface area contributed by atoms with Crippen molar-refractivity contribution in [2.45, 2.75) is 6.04 Å². The largest absolute Gasteiger partial charge is 0.497 e. The van der Waals surface area contributed by atoms with Gasteiger partial charge in [0.05, 0.1) is 7.11 Å². The lowest BCUT2D eigenvalue weighted by Gasteiger charge is -2.19. The number of fused-ring (bicyclic) bond motifs is 1. The number of carbonyl (C=O) groups excluding carboxylic acids is 2. The van der Waals surface area contributed by atoms with Gasteiger partial charge in [-0.2, -0.15) is 0 Å². The molecule has 3 aromatic carbocycles. The summed E-state index contributed by atoms with van der Waals surface area (Å²) in [7, 11) is 1.60. The molecule has 0 radical (unpaired) electrons. The number of rotatable bonds is 8. The van der Waals surface area contributed by atoms with E-state index in [2.05, 4.69) is 10.3 Å². The minimum atomic E-state index is -0.594. The average Bonchev–Trinajstić information content (AvgIpc) is 3.21. The standard InChI is InChI=1S/C24H20N2O4/c1-29-18-9-5-8-17(12-18)26-23(16-6-3-2-4-7-16)24(28)21-14-25-22-13-19(30-15-27)10-11-20(21)22/h2-15,23,25-26H,1H3. The van der Waals surface area contributed by atoms with Gasteiger partial charge in [0.25, 0.3) is 6.47 Å². The van der Waals surface area contributed by atoms with E-state index in [0.717, 1.165) is 16.6 Å². The molecule has 1 atom stereocenters. The lowest BCUT2D eigenvalue weighted by Crippen LogP contribution is -2.21. The highest BCUT2D eigenvalue weighted by Crippen LogP contribution is 2.30. The second-order valence-electron chi connectivity index (χ2n) is 6.71. The van der Waals surface area contributed by atoms with E-state index in [1.54, 1.807) is 31.5 Å². The predicted octanol–water partition coefficient (Wildman–Crippen LogP) is 4.75. The second kappa shape index (κ2) is 8.53. The molecule has 150 valence electrons. The molecule has 4 rings (SSSR count). The lowest BCUT2D eigenvalue weighted by atomic mass is 9.96. The van der Waals surface area contributed by atoms with Crippen LogP contribution in [0.1, 0.15) is 22.0 Å². The molecule has 1 unspecified atom stereocenters. The summed E-state index contributed by atoms with van der Waals surface area (Å²) in [6.45, 7) is 0.375. The highest BCUT2D eigenvalue weighted by Gasteiger charge is 2.24. The maximum absolute atomic E-state index is 13.6. The summed E-state index contributed by atoms with van der Waals surface area (Å²) < 4.78 is 10.2. The number of nitrogens with one attached hydrogen (secondary N) is 2. The fourth-order valence-corrected chi connectivity index (χ4v) is 3.42. The molecule has 6 nitrogen and oxygen atoms in total. The van der Waals surface area contributed by atoms with Crippen molar-refractivity contribution in [3.8, 4) is 11.5 Å². The van der Waals surface area contributed by atoms with Gasteiger partial charge in [-0.15, -0.1) is 0 Å². The zero-order valence-corrected chi connectivity index (χ0v) is 16.3. The highest BCUT2D eigenvalue weighted by atomic mass is 16.5. The van der Waals surface area contributed by atoms with Gasteiger partial charge in [-0.3, -0.25) is 9.59 Å². The van der Waals surface area contributed by atoms with Crippen molar-refractivity contribution < 1.29 is 19.1 Å². The molecule has 0 aliphatic heterocycles. The van der Waals surface area contributed by atoms with Crippen LogP contribution in [-0.4, -0.2) is 24.3 Å². The number of benzene rings is 3. The van der Waals surface area contributed by atoms with E-state index in [-0.39, 0.29) is 5.78 Å². The fraction of sp³-hybridized carbons (Fsp3) is 0.0833. The first-order valence-corrected chi connectivity index (χ1v) is 9.41. The highest BCUT2D eigenvalue weighted by molar-refractivity contribution is 6.11.